The summed E-state index contributed by atoms with van der Waals surface area (Å²) in [5.74, 6) is -1.76. The van der Waals surface area contributed by atoms with Gasteiger partial charge in [-0.25, -0.2) is 4.39 Å². The highest BCUT2D eigenvalue weighted by Gasteiger charge is 2.19. The minimum absolute atomic E-state index is 0.109. The maximum absolute atomic E-state index is 13.1. The Balaban J connectivity index is 3.40. The molecule has 0 aliphatic heterocycles. The van der Waals surface area contributed by atoms with E-state index in [1.807, 2.05) is 0 Å². The van der Waals surface area contributed by atoms with Crippen molar-refractivity contribution in [2.45, 2.75) is 13.8 Å². The average molecular weight is 259 g/mol. The summed E-state index contributed by atoms with van der Waals surface area (Å²) in [4.78, 5) is 22.3. The first kappa shape index (κ1) is 11.0. The zero-order chi connectivity index (χ0) is 10.9. The molecule has 0 heterocycles. The molecule has 4 heteroatoms. The molecule has 0 aromatic heterocycles. The second-order valence-electron chi connectivity index (χ2n) is 2.91. The van der Waals surface area contributed by atoms with Gasteiger partial charge in [-0.2, -0.15) is 0 Å². The van der Waals surface area contributed by atoms with E-state index in [1.165, 1.54) is 26.0 Å². The first-order valence-corrected chi connectivity index (χ1v) is 4.74. The molecule has 0 radical (unpaired) electrons. The summed E-state index contributed by atoms with van der Waals surface area (Å²) in [6, 6.07) is 2.66. The molecule has 14 heavy (non-hydrogen) atoms. The van der Waals surface area contributed by atoms with Gasteiger partial charge in [-0.1, -0.05) is 15.9 Å². The Morgan fingerprint density at radius 3 is 2.43 bits per heavy atom. The van der Waals surface area contributed by atoms with Crippen LogP contribution in [0.15, 0.2) is 16.6 Å². The first-order chi connectivity index (χ1) is 6.45. The molecule has 2 nitrogen and oxygen atoms in total. The van der Waals surface area contributed by atoms with Crippen molar-refractivity contribution in [3.63, 3.8) is 0 Å². The number of rotatable bonds is 2. The summed E-state index contributed by atoms with van der Waals surface area (Å²) in [6.07, 6.45) is 0. The molecule has 0 N–H and O–H groups in total. The van der Waals surface area contributed by atoms with Crippen LogP contribution in [-0.2, 0) is 4.79 Å². The van der Waals surface area contributed by atoms with Crippen LogP contribution < -0.4 is 0 Å². The van der Waals surface area contributed by atoms with E-state index >= 15 is 0 Å². The highest BCUT2D eigenvalue weighted by Crippen LogP contribution is 2.23. The van der Waals surface area contributed by atoms with E-state index in [9.17, 15) is 14.0 Å². The number of ketones is 2. The second kappa shape index (κ2) is 4.00. The van der Waals surface area contributed by atoms with Gasteiger partial charge in [0.1, 0.15) is 5.82 Å². The van der Waals surface area contributed by atoms with E-state index in [0.29, 0.717) is 4.47 Å². The van der Waals surface area contributed by atoms with Crippen molar-refractivity contribution in [3.8, 4) is 0 Å². The van der Waals surface area contributed by atoms with Gasteiger partial charge in [-0.15, -0.1) is 0 Å². The third-order valence-electron chi connectivity index (χ3n) is 1.89. The van der Waals surface area contributed by atoms with Crippen LogP contribution in [0.1, 0.15) is 22.8 Å². The molecule has 0 saturated heterocycles. The quantitative estimate of drug-likeness (QED) is 0.604. The molecule has 0 unspecified atom stereocenters. The minimum Gasteiger partial charge on any atom is -0.291 e. The number of carbonyl (C=O) groups is 2. The van der Waals surface area contributed by atoms with Gasteiger partial charge in [0.05, 0.1) is 0 Å². The fourth-order valence-corrected chi connectivity index (χ4v) is 1.72. The Hall–Kier alpha value is -1.03. The molecular weight excluding hydrogens is 251 g/mol. The maximum atomic E-state index is 13.1. The Labute approximate surface area is 89.2 Å². The second-order valence-corrected chi connectivity index (χ2v) is 3.77. The van der Waals surface area contributed by atoms with Crippen LogP contribution >= 0.6 is 15.9 Å². The van der Waals surface area contributed by atoms with E-state index in [1.54, 1.807) is 0 Å². The van der Waals surface area contributed by atoms with Crippen molar-refractivity contribution in [2.24, 2.45) is 0 Å². The number of hydrogen-bond donors (Lipinski definition) is 0. The lowest BCUT2D eigenvalue weighted by Gasteiger charge is -2.05. The van der Waals surface area contributed by atoms with Gasteiger partial charge in [0, 0.05) is 17.0 Å². The van der Waals surface area contributed by atoms with Crippen LogP contribution in [0, 0.1) is 12.7 Å². The minimum atomic E-state index is -0.672. The maximum Gasteiger partial charge on any atom is 0.229 e. The van der Waals surface area contributed by atoms with Crippen LogP contribution in [0.2, 0.25) is 0 Å². The lowest BCUT2D eigenvalue weighted by Crippen LogP contribution is -2.13. The normalized spacial score (nSPS) is 10.0. The number of Topliss-reactive ketones (excluding diaryl/α,β-unsaturated/α-hetero) is 2. The SMILES string of the molecule is CC(=O)C(=O)c1c(Br)ccc(F)c1C. The van der Waals surface area contributed by atoms with Gasteiger partial charge in [0.2, 0.25) is 5.78 Å². The Bertz CT molecular complexity index is 413. The predicted octanol–water partition coefficient (Wildman–Crippen LogP) is 2.67. The summed E-state index contributed by atoms with van der Waals surface area (Å²) in [5, 5.41) is 0. The fourth-order valence-electron chi connectivity index (χ4n) is 1.11. The third kappa shape index (κ3) is 1.90. The molecular formula is C10H8BrFO2. The summed E-state index contributed by atoms with van der Waals surface area (Å²) < 4.78 is 13.5. The van der Waals surface area contributed by atoms with Crippen molar-refractivity contribution in [1.29, 1.82) is 0 Å². The highest BCUT2D eigenvalue weighted by atomic mass is 79.9. The van der Waals surface area contributed by atoms with Gasteiger partial charge < -0.3 is 0 Å². The Morgan fingerprint density at radius 2 is 1.93 bits per heavy atom. The molecule has 0 bridgehead atoms. The van der Waals surface area contributed by atoms with Crippen LogP contribution in [0.5, 0.6) is 0 Å². The molecule has 0 saturated carbocycles. The number of halogens is 2. The van der Waals surface area contributed by atoms with E-state index < -0.39 is 17.4 Å². The summed E-state index contributed by atoms with van der Waals surface area (Å²) in [7, 11) is 0. The zero-order valence-corrected chi connectivity index (χ0v) is 9.31. The molecule has 0 fully saturated rings. The first-order valence-electron chi connectivity index (χ1n) is 3.95. The summed E-state index contributed by atoms with van der Waals surface area (Å²) in [6.45, 7) is 2.63. The van der Waals surface area contributed by atoms with Crippen LogP contribution in [0.4, 0.5) is 4.39 Å². The largest absolute Gasteiger partial charge is 0.291 e. The van der Waals surface area contributed by atoms with Crippen LogP contribution in [0.3, 0.4) is 0 Å². The fraction of sp³-hybridized carbons (Fsp3) is 0.200. The topological polar surface area (TPSA) is 34.1 Å². The summed E-state index contributed by atoms with van der Waals surface area (Å²) in [5.41, 5.74) is 0.303. The highest BCUT2D eigenvalue weighted by molar-refractivity contribution is 9.10. The molecule has 1 aromatic carbocycles. The molecule has 0 atom stereocenters. The predicted molar refractivity (Wildman–Crippen MR) is 53.8 cm³/mol. The number of hydrogen-bond acceptors (Lipinski definition) is 2. The van der Waals surface area contributed by atoms with Crippen molar-refractivity contribution < 1.29 is 14.0 Å². The average Bonchev–Trinajstić information content (AvgIpc) is 2.12. The van der Waals surface area contributed by atoms with Gasteiger partial charge >= 0.3 is 0 Å². The molecule has 74 valence electrons. The van der Waals surface area contributed by atoms with E-state index in [2.05, 4.69) is 15.9 Å². The van der Waals surface area contributed by atoms with E-state index in [4.69, 9.17) is 0 Å². The smallest absolute Gasteiger partial charge is 0.229 e. The van der Waals surface area contributed by atoms with Crippen molar-refractivity contribution in [2.75, 3.05) is 0 Å². The molecule has 0 aliphatic carbocycles. The van der Waals surface area contributed by atoms with Gasteiger partial charge in [0.25, 0.3) is 0 Å². The van der Waals surface area contributed by atoms with E-state index in [0.717, 1.165) is 0 Å². The monoisotopic (exact) mass is 258 g/mol. The van der Waals surface area contributed by atoms with Gasteiger partial charge in [-0.3, -0.25) is 9.59 Å². The van der Waals surface area contributed by atoms with Crippen molar-refractivity contribution in [3.05, 3.63) is 33.5 Å². The van der Waals surface area contributed by atoms with E-state index in [-0.39, 0.29) is 11.1 Å². The number of benzene rings is 1. The summed E-state index contributed by atoms with van der Waals surface area (Å²) >= 11 is 3.11. The molecule has 1 aromatic rings. The molecule has 0 amide bonds. The molecule has 0 spiro atoms. The van der Waals surface area contributed by atoms with Crippen molar-refractivity contribution in [1.82, 2.24) is 0 Å². The standard InChI is InChI=1S/C10H8BrFO2/c1-5-8(12)4-3-7(11)9(5)10(14)6(2)13/h3-4H,1-2H3. The van der Waals surface area contributed by atoms with Gasteiger partial charge in [-0.05, 0) is 24.6 Å². The van der Waals surface area contributed by atoms with Crippen LogP contribution in [-0.4, -0.2) is 11.6 Å². The molecule has 0 aliphatic rings. The van der Waals surface area contributed by atoms with Crippen LogP contribution in [0.25, 0.3) is 0 Å². The third-order valence-corrected chi connectivity index (χ3v) is 2.56. The Morgan fingerprint density at radius 1 is 1.36 bits per heavy atom. The molecule has 1 rings (SSSR count). The zero-order valence-electron chi connectivity index (χ0n) is 7.73. The lowest BCUT2D eigenvalue weighted by molar-refractivity contribution is -0.113. The van der Waals surface area contributed by atoms with Crippen molar-refractivity contribution >= 4 is 27.5 Å². The number of carbonyl (C=O) groups excluding carboxylic acids is 2. The lowest BCUT2D eigenvalue weighted by atomic mass is 10.0. The van der Waals surface area contributed by atoms with Gasteiger partial charge in [0.15, 0.2) is 5.78 Å². The Kier molecular flexibility index (Phi) is 3.16.